The number of rotatable bonds is 7. The molecule has 9 heteroatoms. The van der Waals surface area contributed by atoms with Crippen LogP contribution in [0.1, 0.15) is 10.4 Å². The summed E-state index contributed by atoms with van der Waals surface area (Å²) < 4.78 is 21.6. The summed E-state index contributed by atoms with van der Waals surface area (Å²) in [5.74, 6) is 0.405. The zero-order chi connectivity index (χ0) is 17.7. The molecule has 0 fully saturated rings. The summed E-state index contributed by atoms with van der Waals surface area (Å²) in [6.45, 7) is 0. The second-order valence-electron chi connectivity index (χ2n) is 4.35. The van der Waals surface area contributed by atoms with Crippen molar-refractivity contribution in [2.24, 2.45) is 0 Å². The SMILES string of the molecule is COc1cc(OC)nc([Se]c2cc(OC)c(OC)cc2C(=O)O)n1. The van der Waals surface area contributed by atoms with E-state index in [2.05, 4.69) is 9.97 Å². The standard InChI is InChI=1S/C15H16N2O6Se/c1-20-9-5-8(14(18)19)11(6-10(9)21-2)24-15-16-12(22-3)7-13(17-15)23-4/h5-7H,1-4H3,(H,18,19). The van der Waals surface area contributed by atoms with Gasteiger partial charge in [-0.05, 0) is 0 Å². The van der Waals surface area contributed by atoms with Gasteiger partial charge in [-0.3, -0.25) is 0 Å². The second-order valence-corrected chi connectivity index (χ2v) is 6.46. The molecule has 1 aromatic carbocycles. The van der Waals surface area contributed by atoms with Crippen molar-refractivity contribution in [1.29, 1.82) is 0 Å². The predicted molar refractivity (Wildman–Crippen MR) is 86.7 cm³/mol. The third-order valence-electron chi connectivity index (χ3n) is 2.99. The van der Waals surface area contributed by atoms with E-state index in [1.165, 1.54) is 34.5 Å². The van der Waals surface area contributed by atoms with E-state index in [4.69, 9.17) is 18.9 Å². The van der Waals surface area contributed by atoms with Gasteiger partial charge < -0.3 is 0 Å². The van der Waals surface area contributed by atoms with E-state index in [1.54, 1.807) is 12.1 Å². The summed E-state index contributed by atoms with van der Waals surface area (Å²) in [7, 11) is 5.90. The maximum atomic E-state index is 11.5. The van der Waals surface area contributed by atoms with E-state index in [1.807, 2.05) is 0 Å². The summed E-state index contributed by atoms with van der Waals surface area (Å²) in [5.41, 5.74) is 0.109. The number of hydrogen-bond acceptors (Lipinski definition) is 7. The Labute approximate surface area is 144 Å². The Bertz CT molecular complexity index is 731. The van der Waals surface area contributed by atoms with Crippen molar-refractivity contribution in [3.05, 3.63) is 23.8 Å². The topological polar surface area (TPSA) is 100 Å². The number of aromatic nitrogens is 2. The summed E-state index contributed by atoms with van der Waals surface area (Å²) >= 11 is -0.505. The predicted octanol–water partition coefficient (Wildman–Crippen LogP) is -0.136. The van der Waals surface area contributed by atoms with Gasteiger partial charge in [0.2, 0.25) is 0 Å². The molecule has 0 saturated carbocycles. The Kier molecular flexibility index (Phi) is 5.83. The molecule has 0 saturated heterocycles. The van der Waals surface area contributed by atoms with Crippen molar-refractivity contribution in [2.45, 2.75) is 0 Å². The van der Waals surface area contributed by atoms with Crippen molar-refractivity contribution in [3.8, 4) is 23.3 Å². The molecular weight excluding hydrogens is 383 g/mol. The van der Waals surface area contributed by atoms with Gasteiger partial charge >= 0.3 is 144 Å². The number of ether oxygens (including phenoxy) is 4. The Balaban J connectivity index is 2.50. The van der Waals surface area contributed by atoms with Gasteiger partial charge in [-0.15, -0.1) is 0 Å². The zero-order valence-electron chi connectivity index (χ0n) is 13.5. The van der Waals surface area contributed by atoms with Crippen LogP contribution in [-0.4, -0.2) is 64.4 Å². The summed E-state index contributed by atoms with van der Waals surface area (Å²) in [4.78, 5) is 20.0. The third-order valence-corrected chi connectivity index (χ3v) is 4.93. The van der Waals surface area contributed by atoms with Crippen molar-refractivity contribution < 1.29 is 28.8 Å². The molecule has 0 unspecified atom stereocenters. The maximum absolute atomic E-state index is 11.5. The van der Waals surface area contributed by atoms with E-state index in [0.717, 1.165) is 0 Å². The van der Waals surface area contributed by atoms with Crippen LogP contribution in [0.4, 0.5) is 0 Å². The molecule has 0 spiro atoms. The Morgan fingerprint density at radius 1 is 0.917 bits per heavy atom. The van der Waals surface area contributed by atoms with Gasteiger partial charge in [0.05, 0.1) is 0 Å². The minimum absolute atomic E-state index is 0.109. The fourth-order valence-corrected chi connectivity index (χ4v) is 3.72. The minimum atomic E-state index is -1.07. The Morgan fingerprint density at radius 2 is 1.46 bits per heavy atom. The number of aromatic carboxylic acids is 1. The summed E-state index contributed by atoms with van der Waals surface area (Å²) in [5, 5.41) is 9.45. The molecule has 0 aliphatic carbocycles. The summed E-state index contributed by atoms with van der Waals surface area (Å²) in [6, 6.07) is 4.60. The van der Waals surface area contributed by atoms with Crippen molar-refractivity contribution in [3.63, 3.8) is 0 Å². The second kappa shape index (κ2) is 7.85. The van der Waals surface area contributed by atoms with Gasteiger partial charge in [-0.25, -0.2) is 0 Å². The number of nitrogens with zero attached hydrogens (tertiary/aromatic N) is 2. The molecule has 1 N–H and O–H groups in total. The van der Waals surface area contributed by atoms with Gasteiger partial charge in [-0.2, -0.15) is 0 Å². The average molecular weight is 399 g/mol. The molecule has 1 heterocycles. The van der Waals surface area contributed by atoms with Gasteiger partial charge in [0.15, 0.2) is 0 Å². The number of methoxy groups -OCH3 is 4. The van der Waals surface area contributed by atoms with Crippen LogP contribution >= 0.6 is 0 Å². The summed E-state index contributed by atoms with van der Waals surface area (Å²) in [6.07, 6.45) is 0. The van der Waals surface area contributed by atoms with Crippen LogP contribution in [0.15, 0.2) is 18.2 Å². The molecule has 24 heavy (non-hydrogen) atoms. The first-order valence-electron chi connectivity index (χ1n) is 6.66. The first-order chi connectivity index (χ1) is 11.5. The van der Waals surface area contributed by atoms with Crippen LogP contribution in [0.25, 0.3) is 0 Å². The molecule has 1 aromatic heterocycles. The monoisotopic (exact) mass is 400 g/mol. The van der Waals surface area contributed by atoms with Crippen molar-refractivity contribution in [2.75, 3.05) is 28.4 Å². The Morgan fingerprint density at radius 3 is 1.92 bits per heavy atom. The number of carboxylic acid groups (broad SMARTS) is 1. The zero-order valence-corrected chi connectivity index (χ0v) is 15.2. The molecule has 128 valence electrons. The van der Waals surface area contributed by atoms with Crippen molar-refractivity contribution in [1.82, 2.24) is 9.97 Å². The molecule has 2 rings (SSSR count). The first-order valence-corrected chi connectivity index (χ1v) is 8.38. The van der Waals surface area contributed by atoms with Crippen LogP contribution in [0.3, 0.4) is 0 Å². The fraction of sp³-hybridized carbons (Fsp3) is 0.267. The number of benzene rings is 1. The van der Waals surface area contributed by atoms with Crippen LogP contribution < -0.4 is 28.1 Å². The average Bonchev–Trinajstić information content (AvgIpc) is 2.60. The molecule has 0 atom stereocenters. The van der Waals surface area contributed by atoms with Crippen LogP contribution in [-0.2, 0) is 0 Å². The molecule has 0 bridgehead atoms. The molecule has 0 radical (unpaired) electrons. The Hall–Kier alpha value is -2.51. The van der Waals surface area contributed by atoms with Gasteiger partial charge in [-0.1, -0.05) is 0 Å². The van der Waals surface area contributed by atoms with E-state index >= 15 is 0 Å². The van der Waals surface area contributed by atoms with Gasteiger partial charge in [0, 0.05) is 0 Å². The number of hydrogen-bond donors (Lipinski definition) is 1. The van der Waals surface area contributed by atoms with Gasteiger partial charge in [0.25, 0.3) is 0 Å². The molecule has 0 aliphatic heterocycles. The van der Waals surface area contributed by atoms with Crippen LogP contribution in [0, 0.1) is 0 Å². The van der Waals surface area contributed by atoms with E-state index in [0.29, 0.717) is 32.4 Å². The molecular formula is C15H16N2O6Se. The van der Waals surface area contributed by atoms with Crippen molar-refractivity contribution >= 4 is 30.1 Å². The van der Waals surface area contributed by atoms with Crippen LogP contribution in [0.5, 0.6) is 23.3 Å². The van der Waals surface area contributed by atoms with E-state index < -0.39 is 20.9 Å². The van der Waals surface area contributed by atoms with Crippen LogP contribution in [0.2, 0.25) is 0 Å². The third kappa shape index (κ3) is 3.87. The molecule has 0 amide bonds. The number of carbonyl (C=O) groups is 1. The normalized spacial score (nSPS) is 10.2. The molecule has 8 nitrogen and oxygen atoms in total. The van der Waals surface area contributed by atoms with E-state index in [-0.39, 0.29) is 5.56 Å². The van der Waals surface area contributed by atoms with E-state index in [9.17, 15) is 9.90 Å². The van der Waals surface area contributed by atoms with Gasteiger partial charge in [0.1, 0.15) is 0 Å². The first kappa shape index (κ1) is 17.8. The fourth-order valence-electron chi connectivity index (χ4n) is 1.85. The quantitative estimate of drug-likeness (QED) is 0.643. The molecule has 0 aliphatic rings. The molecule has 2 aromatic rings. The number of carboxylic acids is 1.